The summed E-state index contributed by atoms with van der Waals surface area (Å²) in [6.07, 6.45) is 0. The summed E-state index contributed by atoms with van der Waals surface area (Å²) in [5.41, 5.74) is 0.622. The molecule has 2 aromatic carbocycles. The number of hydrogen-bond acceptors (Lipinski definition) is 5. The zero-order chi connectivity index (χ0) is 22.7. The molecular formula is C21H18ClF3N2O4. The standard InChI is InChI=1S/C21H18ClF3N2O4/c1-11-17(19(26-31-11)18-13(22)5-4-6-14(18)23)20(28)27(2)10-12-7-8-15(30-21(24)25)16(9-12)29-3/h4-9,21H,10H2,1-3H3. The zero-order valence-corrected chi connectivity index (χ0v) is 17.5. The van der Waals surface area contributed by atoms with Crippen LogP contribution in [-0.2, 0) is 6.54 Å². The Bertz CT molecular complexity index is 1080. The van der Waals surface area contributed by atoms with Gasteiger partial charge in [0, 0.05) is 13.6 Å². The van der Waals surface area contributed by atoms with Gasteiger partial charge in [0.05, 0.1) is 17.7 Å². The molecule has 1 heterocycles. The highest BCUT2D eigenvalue weighted by atomic mass is 35.5. The van der Waals surface area contributed by atoms with Crippen molar-refractivity contribution in [3.63, 3.8) is 0 Å². The summed E-state index contributed by atoms with van der Waals surface area (Å²) in [5, 5.41) is 3.92. The van der Waals surface area contributed by atoms with Gasteiger partial charge in [0.25, 0.3) is 5.91 Å². The first-order valence-corrected chi connectivity index (χ1v) is 9.38. The van der Waals surface area contributed by atoms with Crippen LogP contribution >= 0.6 is 11.6 Å². The van der Waals surface area contributed by atoms with Gasteiger partial charge in [-0.2, -0.15) is 8.78 Å². The number of carbonyl (C=O) groups is 1. The Balaban J connectivity index is 1.89. The first-order chi connectivity index (χ1) is 14.7. The molecule has 0 unspecified atom stereocenters. The van der Waals surface area contributed by atoms with Gasteiger partial charge in [0.1, 0.15) is 22.8 Å². The molecule has 0 aliphatic heterocycles. The second kappa shape index (κ2) is 9.30. The topological polar surface area (TPSA) is 64.8 Å². The minimum atomic E-state index is -3.00. The van der Waals surface area contributed by atoms with E-state index in [2.05, 4.69) is 9.89 Å². The van der Waals surface area contributed by atoms with E-state index in [1.807, 2.05) is 0 Å². The van der Waals surface area contributed by atoms with E-state index in [4.69, 9.17) is 20.9 Å². The van der Waals surface area contributed by atoms with Gasteiger partial charge < -0.3 is 18.9 Å². The Morgan fingerprint density at radius 3 is 2.65 bits per heavy atom. The van der Waals surface area contributed by atoms with Crippen molar-refractivity contribution in [2.75, 3.05) is 14.2 Å². The van der Waals surface area contributed by atoms with Crippen molar-refractivity contribution in [2.45, 2.75) is 20.1 Å². The van der Waals surface area contributed by atoms with E-state index in [0.29, 0.717) is 5.56 Å². The van der Waals surface area contributed by atoms with Crippen LogP contribution in [0.3, 0.4) is 0 Å². The number of nitrogens with zero attached hydrogens (tertiary/aromatic N) is 2. The highest BCUT2D eigenvalue weighted by Gasteiger charge is 2.27. The largest absolute Gasteiger partial charge is 0.493 e. The van der Waals surface area contributed by atoms with Gasteiger partial charge in [0.15, 0.2) is 11.5 Å². The number of halogens is 4. The van der Waals surface area contributed by atoms with Crippen LogP contribution in [0.1, 0.15) is 21.7 Å². The number of methoxy groups -OCH3 is 1. The van der Waals surface area contributed by atoms with Crippen LogP contribution in [0.5, 0.6) is 11.5 Å². The molecule has 0 aliphatic rings. The third-order valence-electron chi connectivity index (χ3n) is 4.49. The number of hydrogen-bond donors (Lipinski definition) is 0. The zero-order valence-electron chi connectivity index (χ0n) is 16.8. The van der Waals surface area contributed by atoms with E-state index < -0.39 is 18.3 Å². The van der Waals surface area contributed by atoms with Crippen LogP contribution in [0, 0.1) is 12.7 Å². The molecule has 0 radical (unpaired) electrons. The molecule has 3 aromatic rings. The lowest BCUT2D eigenvalue weighted by Crippen LogP contribution is -2.27. The molecule has 1 amide bonds. The molecule has 0 saturated heterocycles. The smallest absolute Gasteiger partial charge is 0.387 e. The van der Waals surface area contributed by atoms with Crippen molar-refractivity contribution in [1.82, 2.24) is 10.1 Å². The van der Waals surface area contributed by atoms with Gasteiger partial charge in [-0.3, -0.25) is 4.79 Å². The molecule has 10 heteroatoms. The van der Waals surface area contributed by atoms with Crippen molar-refractivity contribution in [2.24, 2.45) is 0 Å². The van der Waals surface area contributed by atoms with Crippen molar-refractivity contribution in [3.05, 3.63) is 64.1 Å². The Morgan fingerprint density at radius 2 is 2.00 bits per heavy atom. The van der Waals surface area contributed by atoms with Crippen molar-refractivity contribution in [1.29, 1.82) is 0 Å². The average molecular weight is 455 g/mol. The summed E-state index contributed by atoms with van der Waals surface area (Å²) in [7, 11) is 2.84. The van der Waals surface area contributed by atoms with Crippen molar-refractivity contribution < 1.29 is 32.0 Å². The number of rotatable bonds is 7. The summed E-state index contributed by atoms with van der Waals surface area (Å²) in [5.74, 6) is -0.957. The monoisotopic (exact) mass is 454 g/mol. The Hall–Kier alpha value is -3.20. The van der Waals surface area contributed by atoms with Crippen LogP contribution < -0.4 is 9.47 Å². The predicted molar refractivity (Wildman–Crippen MR) is 107 cm³/mol. The predicted octanol–water partition coefficient (Wildman–Crippen LogP) is 5.32. The lowest BCUT2D eigenvalue weighted by Gasteiger charge is -2.19. The molecule has 0 bridgehead atoms. The van der Waals surface area contributed by atoms with Crippen molar-refractivity contribution >= 4 is 17.5 Å². The molecule has 0 atom stereocenters. The molecule has 6 nitrogen and oxygen atoms in total. The van der Waals surface area contributed by atoms with Crippen LogP contribution in [0.25, 0.3) is 11.3 Å². The molecule has 0 spiro atoms. The normalized spacial score (nSPS) is 11.0. The maximum atomic E-state index is 14.4. The van der Waals surface area contributed by atoms with Gasteiger partial charge in [-0.15, -0.1) is 0 Å². The molecule has 1 aromatic heterocycles. The highest BCUT2D eigenvalue weighted by Crippen LogP contribution is 2.34. The van der Waals surface area contributed by atoms with E-state index in [9.17, 15) is 18.0 Å². The highest BCUT2D eigenvalue weighted by molar-refractivity contribution is 6.33. The van der Waals surface area contributed by atoms with Gasteiger partial charge >= 0.3 is 6.61 Å². The van der Waals surface area contributed by atoms with E-state index in [1.165, 1.54) is 62.4 Å². The maximum absolute atomic E-state index is 14.4. The average Bonchev–Trinajstić information content (AvgIpc) is 3.09. The molecule has 31 heavy (non-hydrogen) atoms. The molecule has 0 aliphatic carbocycles. The lowest BCUT2D eigenvalue weighted by atomic mass is 10.0. The van der Waals surface area contributed by atoms with E-state index in [1.54, 1.807) is 0 Å². The number of aromatic nitrogens is 1. The summed E-state index contributed by atoms with van der Waals surface area (Å²) in [6, 6.07) is 8.47. The van der Waals surface area contributed by atoms with Crippen LogP contribution in [0.4, 0.5) is 13.2 Å². The molecule has 0 saturated carbocycles. The number of carbonyl (C=O) groups excluding carboxylic acids is 1. The second-order valence-corrected chi connectivity index (χ2v) is 6.99. The third-order valence-corrected chi connectivity index (χ3v) is 4.80. The summed E-state index contributed by atoms with van der Waals surface area (Å²) in [4.78, 5) is 14.5. The van der Waals surface area contributed by atoms with Gasteiger partial charge in [-0.1, -0.05) is 28.9 Å². The summed E-state index contributed by atoms with van der Waals surface area (Å²) < 4.78 is 54.0. The minimum Gasteiger partial charge on any atom is -0.493 e. The molecule has 3 rings (SSSR count). The van der Waals surface area contributed by atoms with Gasteiger partial charge in [-0.25, -0.2) is 4.39 Å². The quantitative estimate of drug-likeness (QED) is 0.483. The summed E-state index contributed by atoms with van der Waals surface area (Å²) >= 11 is 6.12. The van der Waals surface area contributed by atoms with Crippen LogP contribution in [-0.4, -0.2) is 36.7 Å². The number of aryl methyl sites for hydroxylation is 1. The SMILES string of the molecule is COc1cc(CN(C)C(=O)c2c(-c3c(F)cccc3Cl)noc2C)ccc1OC(F)F. The number of benzene rings is 2. The van der Waals surface area contributed by atoms with Crippen LogP contribution in [0.2, 0.25) is 5.02 Å². The van der Waals surface area contributed by atoms with E-state index in [-0.39, 0.29) is 45.6 Å². The Kier molecular flexibility index (Phi) is 6.74. The lowest BCUT2D eigenvalue weighted by molar-refractivity contribution is -0.0512. The Morgan fingerprint density at radius 1 is 1.26 bits per heavy atom. The number of ether oxygens (including phenoxy) is 2. The number of alkyl halides is 2. The first-order valence-electron chi connectivity index (χ1n) is 9.00. The van der Waals surface area contributed by atoms with Gasteiger partial charge in [-0.05, 0) is 36.8 Å². The fraction of sp³-hybridized carbons (Fsp3) is 0.238. The molecular weight excluding hydrogens is 437 g/mol. The Labute approximate surface area is 181 Å². The summed E-state index contributed by atoms with van der Waals surface area (Å²) in [6.45, 7) is -1.37. The first kappa shape index (κ1) is 22.5. The second-order valence-electron chi connectivity index (χ2n) is 6.58. The van der Waals surface area contributed by atoms with Crippen LogP contribution in [0.15, 0.2) is 40.9 Å². The fourth-order valence-corrected chi connectivity index (χ4v) is 3.31. The van der Waals surface area contributed by atoms with Gasteiger partial charge in [0.2, 0.25) is 0 Å². The third kappa shape index (κ3) is 4.77. The van der Waals surface area contributed by atoms with Crippen molar-refractivity contribution in [3.8, 4) is 22.8 Å². The molecule has 0 N–H and O–H groups in total. The van der Waals surface area contributed by atoms with E-state index in [0.717, 1.165) is 0 Å². The van der Waals surface area contributed by atoms with E-state index >= 15 is 0 Å². The fourth-order valence-electron chi connectivity index (χ4n) is 3.06. The minimum absolute atomic E-state index is 0.00397. The molecule has 0 fully saturated rings. The molecule has 164 valence electrons. The number of amides is 1. The maximum Gasteiger partial charge on any atom is 0.387 e.